The Morgan fingerprint density at radius 2 is 1.95 bits per heavy atom. The molecule has 1 saturated carbocycles. The van der Waals surface area contributed by atoms with Crippen LogP contribution >= 0.6 is 23.2 Å². The number of nitrogens with one attached hydrogen (secondary N) is 1. The molecule has 1 atom stereocenters. The molecule has 1 aromatic rings. The van der Waals surface area contributed by atoms with Gasteiger partial charge in [-0.05, 0) is 37.8 Å². The molecule has 2 N–H and O–H groups in total. The number of halogens is 2. The van der Waals surface area contributed by atoms with Crippen molar-refractivity contribution in [2.24, 2.45) is 5.92 Å². The van der Waals surface area contributed by atoms with Gasteiger partial charge < -0.3 is 10.4 Å². The molecule has 2 nitrogen and oxygen atoms in total. The quantitative estimate of drug-likeness (QED) is 0.840. The molecule has 0 aromatic heterocycles. The summed E-state index contributed by atoms with van der Waals surface area (Å²) >= 11 is 11.9. The number of rotatable bonds is 4. The van der Waals surface area contributed by atoms with E-state index in [2.05, 4.69) is 12.2 Å². The van der Waals surface area contributed by atoms with E-state index in [9.17, 15) is 5.11 Å². The molecule has 1 aliphatic rings. The van der Waals surface area contributed by atoms with Crippen LogP contribution in [-0.2, 0) is 6.54 Å². The van der Waals surface area contributed by atoms with E-state index >= 15 is 0 Å². The first-order valence-electron chi connectivity index (χ1n) is 6.98. The maximum absolute atomic E-state index is 9.91. The van der Waals surface area contributed by atoms with E-state index in [1.165, 1.54) is 32.1 Å². The van der Waals surface area contributed by atoms with Crippen LogP contribution in [0.15, 0.2) is 12.1 Å². The minimum Gasteiger partial charge on any atom is -0.506 e. The highest BCUT2D eigenvalue weighted by Gasteiger charge is 2.20. The topological polar surface area (TPSA) is 32.3 Å². The Kier molecular flexibility index (Phi) is 5.37. The summed E-state index contributed by atoms with van der Waals surface area (Å²) in [7, 11) is 0. The lowest BCUT2D eigenvalue weighted by molar-refractivity contribution is 0.280. The first-order chi connectivity index (χ1) is 9.08. The van der Waals surface area contributed by atoms with Crippen LogP contribution in [0.2, 0.25) is 10.0 Å². The van der Waals surface area contributed by atoms with Crippen molar-refractivity contribution in [2.45, 2.75) is 51.6 Å². The smallest absolute Gasteiger partial charge is 0.138 e. The Hall–Kier alpha value is -0.440. The fraction of sp³-hybridized carbons (Fsp3) is 0.600. The lowest BCUT2D eigenvalue weighted by atomic mass is 9.84. The normalized spacial score (nSPS) is 18.5. The van der Waals surface area contributed by atoms with Crippen molar-refractivity contribution in [3.05, 3.63) is 27.7 Å². The van der Waals surface area contributed by atoms with Crippen molar-refractivity contribution >= 4 is 23.2 Å². The number of hydrogen-bond acceptors (Lipinski definition) is 2. The molecular formula is C15H21Cl2NO. The summed E-state index contributed by atoms with van der Waals surface area (Å²) in [4.78, 5) is 0. The Labute approximate surface area is 125 Å². The van der Waals surface area contributed by atoms with Crippen molar-refractivity contribution in [1.29, 1.82) is 0 Å². The van der Waals surface area contributed by atoms with Gasteiger partial charge in [-0.2, -0.15) is 0 Å². The molecule has 19 heavy (non-hydrogen) atoms. The van der Waals surface area contributed by atoms with E-state index < -0.39 is 0 Å². The van der Waals surface area contributed by atoms with Crippen molar-refractivity contribution < 1.29 is 5.11 Å². The summed E-state index contributed by atoms with van der Waals surface area (Å²) in [5.74, 6) is 0.875. The van der Waals surface area contributed by atoms with Gasteiger partial charge in [-0.15, -0.1) is 0 Å². The third-order valence-electron chi connectivity index (χ3n) is 4.08. The standard InChI is InChI=1S/C15H21Cl2NO/c1-10(11-5-3-2-4-6-11)18-9-12-7-13(16)8-14(17)15(12)19/h7-8,10-11,18-19H,2-6,9H2,1H3/t10-/m0/s1. The summed E-state index contributed by atoms with van der Waals surface area (Å²) in [6.45, 7) is 2.82. The Bertz CT molecular complexity index is 430. The zero-order chi connectivity index (χ0) is 13.8. The predicted molar refractivity (Wildman–Crippen MR) is 81.0 cm³/mol. The molecule has 0 aliphatic heterocycles. The lowest BCUT2D eigenvalue weighted by Gasteiger charge is -2.28. The number of aromatic hydroxyl groups is 1. The zero-order valence-corrected chi connectivity index (χ0v) is 12.8. The molecule has 0 spiro atoms. The molecule has 0 radical (unpaired) electrons. The fourth-order valence-corrected chi connectivity index (χ4v) is 3.36. The van der Waals surface area contributed by atoms with E-state index in [1.807, 2.05) is 0 Å². The molecule has 4 heteroatoms. The summed E-state index contributed by atoms with van der Waals surface area (Å²) < 4.78 is 0. The van der Waals surface area contributed by atoms with Gasteiger partial charge in [-0.3, -0.25) is 0 Å². The average molecular weight is 302 g/mol. The highest BCUT2D eigenvalue weighted by Crippen LogP contribution is 2.31. The third kappa shape index (κ3) is 4.01. The molecular weight excluding hydrogens is 281 g/mol. The van der Waals surface area contributed by atoms with Gasteiger partial charge in [-0.25, -0.2) is 0 Å². The van der Waals surface area contributed by atoms with Gasteiger partial charge in [-0.1, -0.05) is 42.5 Å². The third-order valence-corrected chi connectivity index (χ3v) is 4.58. The molecule has 0 amide bonds. The van der Waals surface area contributed by atoms with E-state index in [4.69, 9.17) is 23.2 Å². The van der Waals surface area contributed by atoms with E-state index in [-0.39, 0.29) is 5.75 Å². The van der Waals surface area contributed by atoms with Crippen molar-refractivity contribution in [2.75, 3.05) is 0 Å². The van der Waals surface area contributed by atoms with Gasteiger partial charge in [0.15, 0.2) is 0 Å². The summed E-state index contributed by atoms with van der Waals surface area (Å²) in [6, 6.07) is 3.79. The van der Waals surface area contributed by atoms with Gasteiger partial charge in [0.2, 0.25) is 0 Å². The van der Waals surface area contributed by atoms with Crippen molar-refractivity contribution in [3.63, 3.8) is 0 Å². The summed E-state index contributed by atoms with van der Waals surface area (Å²) in [5, 5.41) is 14.3. The molecule has 0 heterocycles. The lowest BCUT2D eigenvalue weighted by Crippen LogP contribution is -2.34. The molecule has 1 fully saturated rings. The first-order valence-corrected chi connectivity index (χ1v) is 7.74. The average Bonchev–Trinajstić information content (AvgIpc) is 2.41. The number of phenolic OH excluding ortho intramolecular Hbond substituents is 1. The van der Waals surface area contributed by atoms with E-state index in [1.54, 1.807) is 12.1 Å². The van der Waals surface area contributed by atoms with Crippen LogP contribution in [-0.4, -0.2) is 11.1 Å². The molecule has 1 aliphatic carbocycles. The second-order valence-electron chi connectivity index (χ2n) is 5.46. The first kappa shape index (κ1) is 15.0. The van der Waals surface area contributed by atoms with Crippen LogP contribution in [0.3, 0.4) is 0 Å². The minimum absolute atomic E-state index is 0.134. The van der Waals surface area contributed by atoms with Crippen LogP contribution in [0.5, 0.6) is 5.75 Å². The molecule has 0 saturated heterocycles. The Morgan fingerprint density at radius 1 is 1.26 bits per heavy atom. The predicted octanol–water partition coefficient (Wildman–Crippen LogP) is 4.76. The highest BCUT2D eigenvalue weighted by atomic mass is 35.5. The van der Waals surface area contributed by atoms with Crippen LogP contribution in [0.1, 0.15) is 44.6 Å². The molecule has 0 unspecified atom stereocenters. The van der Waals surface area contributed by atoms with E-state index in [0.717, 1.165) is 11.5 Å². The Balaban J connectivity index is 1.94. The van der Waals surface area contributed by atoms with Gasteiger partial charge in [0, 0.05) is 23.2 Å². The van der Waals surface area contributed by atoms with Crippen molar-refractivity contribution in [3.8, 4) is 5.75 Å². The van der Waals surface area contributed by atoms with Crippen LogP contribution in [0.25, 0.3) is 0 Å². The Morgan fingerprint density at radius 3 is 2.63 bits per heavy atom. The number of benzene rings is 1. The number of phenols is 1. The van der Waals surface area contributed by atoms with Crippen LogP contribution in [0.4, 0.5) is 0 Å². The minimum atomic E-state index is 0.134. The fourth-order valence-electron chi connectivity index (χ4n) is 2.83. The molecule has 2 rings (SSSR count). The van der Waals surface area contributed by atoms with Crippen LogP contribution < -0.4 is 5.32 Å². The maximum Gasteiger partial charge on any atom is 0.138 e. The van der Waals surface area contributed by atoms with Gasteiger partial charge in [0.1, 0.15) is 5.75 Å². The highest BCUT2D eigenvalue weighted by molar-refractivity contribution is 6.35. The van der Waals surface area contributed by atoms with Gasteiger partial charge in [0.05, 0.1) is 5.02 Å². The molecule has 0 bridgehead atoms. The molecule has 106 valence electrons. The van der Waals surface area contributed by atoms with Gasteiger partial charge >= 0.3 is 0 Å². The number of hydrogen-bond donors (Lipinski definition) is 2. The van der Waals surface area contributed by atoms with E-state index in [0.29, 0.717) is 22.6 Å². The summed E-state index contributed by atoms with van der Waals surface area (Å²) in [6.07, 6.45) is 6.65. The van der Waals surface area contributed by atoms with Gasteiger partial charge in [0.25, 0.3) is 0 Å². The molecule has 1 aromatic carbocycles. The monoisotopic (exact) mass is 301 g/mol. The SMILES string of the molecule is C[C@H](NCc1cc(Cl)cc(Cl)c1O)C1CCCCC1. The van der Waals surface area contributed by atoms with Crippen LogP contribution in [0, 0.1) is 5.92 Å². The van der Waals surface area contributed by atoms with Crippen molar-refractivity contribution in [1.82, 2.24) is 5.32 Å². The largest absolute Gasteiger partial charge is 0.506 e. The maximum atomic E-state index is 9.91. The second-order valence-corrected chi connectivity index (χ2v) is 6.31. The summed E-state index contributed by atoms with van der Waals surface area (Å²) in [5.41, 5.74) is 0.764. The zero-order valence-electron chi connectivity index (χ0n) is 11.3. The second kappa shape index (κ2) is 6.83.